The molecule has 1 aromatic heterocycles. The van der Waals surface area contributed by atoms with Crippen LogP contribution in [0.5, 0.6) is 0 Å². The molecule has 6 nitrogen and oxygen atoms in total. The number of aromatic nitrogens is 2. The number of aromatic amines is 1. The number of H-pyrrole nitrogens is 1. The van der Waals surface area contributed by atoms with Crippen LogP contribution in [-0.2, 0) is 4.79 Å². The predicted molar refractivity (Wildman–Crippen MR) is 105 cm³/mol. The lowest BCUT2D eigenvalue weighted by Gasteiger charge is -2.10. The molecule has 4 rings (SSSR count). The largest absolute Gasteiger partial charge is 0.338 e. The molecule has 1 heterocycles. The van der Waals surface area contributed by atoms with Gasteiger partial charge in [-0.1, -0.05) is 25.0 Å². The lowest BCUT2D eigenvalue weighted by molar-refractivity contribution is -0.119. The standard InChI is InChI=1S/C20H19ClN4O2/c21-25-20(27)14-7-5-12(6-8-14)18-23-16-10-9-15(11-17(16)24-18)22-19(26)13-3-1-2-4-13/h5-11,13H,1-4H2,(H,22,26)(H,23,24)(H,25,27). The van der Waals surface area contributed by atoms with Gasteiger partial charge in [-0.25, -0.2) is 4.98 Å². The molecule has 3 N–H and O–H groups in total. The van der Waals surface area contributed by atoms with Crippen LogP contribution in [0.3, 0.4) is 0 Å². The zero-order chi connectivity index (χ0) is 18.8. The van der Waals surface area contributed by atoms with Crippen LogP contribution in [0.25, 0.3) is 22.4 Å². The van der Waals surface area contributed by atoms with Gasteiger partial charge in [0, 0.05) is 34.5 Å². The van der Waals surface area contributed by atoms with Gasteiger partial charge in [0.1, 0.15) is 5.82 Å². The van der Waals surface area contributed by atoms with Crippen LogP contribution in [0.15, 0.2) is 42.5 Å². The first-order valence-electron chi connectivity index (χ1n) is 8.96. The number of carbonyl (C=O) groups is 2. The van der Waals surface area contributed by atoms with Gasteiger partial charge < -0.3 is 10.3 Å². The van der Waals surface area contributed by atoms with Crippen LogP contribution in [0, 0.1) is 5.92 Å². The molecule has 0 radical (unpaired) electrons. The second kappa shape index (κ2) is 7.40. The number of hydrogen-bond donors (Lipinski definition) is 3. The van der Waals surface area contributed by atoms with Crippen molar-refractivity contribution < 1.29 is 9.59 Å². The molecule has 3 aromatic rings. The molecule has 7 heteroatoms. The number of halogens is 1. The number of nitrogens with one attached hydrogen (secondary N) is 3. The van der Waals surface area contributed by atoms with Gasteiger partial charge in [0.2, 0.25) is 5.91 Å². The Labute approximate surface area is 161 Å². The third-order valence-electron chi connectivity index (χ3n) is 4.98. The fraction of sp³-hybridized carbons (Fsp3) is 0.250. The van der Waals surface area contributed by atoms with Gasteiger partial charge in [0.15, 0.2) is 0 Å². The minimum Gasteiger partial charge on any atom is -0.338 e. The Balaban J connectivity index is 1.55. The highest BCUT2D eigenvalue weighted by Crippen LogP contribution is 2.27. The van der Waals surface area contributed by atoms with E-state index in [1.165, 1.54) is 0 Å². The summed E-state index contributed by atoms with van der Waals surface area (Å²) >= 11 is 5.34. The summed E-state index contributed by atoms with van der Waals surface area (Å²) in [6, 6.07) is 12.6. The topological polar surface area (TPSA) is 86.9 Å². The highest BCUT2D eigenvalue weighted by molar-refractivity contribution is 6.24. The summed E-state index contributed by atoms with van der Waals surface area (Å²) in [5.74, 6) is 0.569. The molecule has 2 aromatic carbocycles. The Bertz CT molecular complexity index is 991. The van der Waals surface area contributed by atoms with E-state index in [2.05, 4.69) is 20.1 Å². The molecule has 138 valence electrons. The number of nitrogens with zero attached hydrogens (tertiary/aromatic N) is 1. The quantitative estimate of drug-likeness (QED) is 0.590. The minimum absolute atomic E-state index is 0.0970. The summed E-state index contributed by atoms with van der Waals surface area (Å²) < 4.78 is 0. The van der Waals surface area contributed by atoms with Crippen molar-refractivity contribution in [3.63, 3.8) is 0 Å². The summed E-state index contributed by atoms with van der Waals surface area (Å²) in [4.78, 5) is 33.8. The van der Waals surface area contributed by atoms with Crippen molar-refractivity contribution in [2.45, 2.75) is 25.7 Å². The van der Waals surface area contributed by atoms with Crippen LogP contribution in [0.4, 0.5) is 5.69 Å². The first-order chi connectivity index (χ1) is 13.1. The maximum atomic E-state index is 12.3. The maximum Gasteiger partial charge on any atom is 0.265 e. The minimum atomic E-state index is -0.351. The summed E-state index contributed by atoms with van der Waals surface area (Å²) in [5, 5.41) is 3.01. The van der Waals surface area contributed by atoms with Gasteiger partial charge in [-0.2, -0.15) is 0 Å². The van der Waals surface area contributed by atoms with Crippen LogP contribution in [0.2, 0.25) is 0 Å². The van der Waals surface area contributed by atoms with Crippen molar-refractivity contribution >= 4 is 40.3 Å². The Morgan fingerprint density at radius 2 is 1.81 bits per heavy atom. The van der Waals surface area contributed by atoms with E-state index in [1.807, 2.05) is 30.3 Å². The van der Waals surface area contributed by atoms with Gasteiger partial charge in [-0.3, -0.25) is 14.4 Å². The fourth-order valence-corrected chi connectivity index (χ4v) is 3.60. The summed E-state index contributed by atoms with van der Waals surface area (Å²) in [6.45, 7) is 0. The molecule has 1 aliphatic carbocycles. The number of anilines is 1. The summed E-state index contributed by atoms with van der Waals surface area (Å²) in [5.41, 5.74) is 3.75. The molecule has 0 aliphatic heterocycles. The molecule has 0 spiro atoms. The normalized spacial score (nSPS) is 14.4. The lowest BCUT2D eigenvalue weighted by atomic mass is 10.1. The average Bonchev–Trinajstić information content (AvgIpc) is 3.37. The van der Waals surface area contributed by atoms with Gasteiger partial charge >= 0.3 is 0 Å². The third-order valence-corrected chi connectivity index (χ3v) is 5.15. The molecular formula is C20H19ClN4O2. The van der Waals surface area contributed by atoms with E-state index in [0.717, 1.165) is 48.0 Å². The second-order valence-electron chi connectivity index (χ2n) is 6.79. The number of amides is 2. The molecule has 27 heavy (non-hydrogen) atoms. The molecule has 0 bridgehead atoms. The van der Waals surface area contributed by atoms with E-state index < -0.39 is 0 Å². The Hall–Kier alpha value is -2.86. The number of benzene rings is 2. The Morgan fingerprint density at radius 1 is 1.07 bits per heavy atom. The van der Waals surface area contributed by atoms with E-state index in [-0.39, 0.29) is 17.7 Å². The lowest BCUT2D eigenvalue weighted by Crippen LogP contribution is -2.20. The predicted octanol–water partition coefficient (Wildman–Crippen LogP) is 4.24. The van der Waals surface area contributed by atoms with Crippen molar-refractivity contribution in [3.8, 4) is 11.4 Å². The Kier molecular flexibility index (Phi) is 4.81. The number of fused-ring (bicyclic) bond motifs is 1. The van der Waals surface area contributed by atoms with E-state index in [1.54, 1.807) is 12.1 Å². The maximum absolute atomic E-state index is 12.3. The summed E-state index contributed by atoms with van der Waals surface area (Å²) in [6.07, 6.45) is 4.21. The van der Waals surface area contributed by atoms with Crippen LogP contribution < -0.4 is 10.2 Å². The molecule has 2 amide bonds. The summed E-state index contributed by atoms with van der Waals surface area (Å²) in [7, 11) is 0. The highest BCUT2D eigenvalue weighted by atomic mass is 35.5. The molecular weight excluding hydrogens is 364 g/mol. The van der Waals surface area contributed by atoms with Gasteiger partial charge in [-0.05, 0) is 43.2 Å². The van der Waals surface area contributed by atoms with E-state index in [0.29, 0.717) is 11.4 Å². The second-order valence-corrected chi connectivity index (χ2v) is 6.98. The van der Waals surface area contributed by atoms with Crippen molar-refractivity contribution in [2.75, 3.05) is 5.32 Å². The number of imidazole rings is 1. The van der Waals surface area contributed by atoms with Crippen LogP contribution >= 0.6 is 11.8 Å². The fourth-order valence-electron chi connectivity index (χ4n) is 3.49. The molecule has 0 atom stereocenters. The van der Waals surface area contributed by atoms with Crippen molar-refractivity contribution in [1.82, 2.24) is 14.8 Å². The van der Waals surface area contributed by atoms with Gasteiger partial charge in [-0.15, -0.1) is 0 Å². The number of hydrogen-bond acceptors (Lipinski definition) is 3. The van der Waals surface area contributed by atoms with E-state index in [4.69, 9.17) is 11.8 Å². The smallest absolute Gasteiger partial charge is 0.265 e. The average molecular weight is 383 g/mol. The van der Waals surface area contributed by atoms with Gasteiger partial charge in [0.25, 0.3) is 5.91 Å². The molecule has 1 saturated carbocycles. The Morgan fingerprint density at radius 3 is 2.52 bits per heavy atom. The molecule has 0 saturated heterocycles. The zero-order valence-corrected chi connectivity index (χ0v) is 15.3. The van der Waals surface area contributed by atoms with Crippen molar-refractivity contribution in [3.05, 3.63) is 48.0 Å². The molecule has 1 fully saturated rings. The van der Waals surface area contributed by atoms with Crippen molar-refractivity contribution in [1.29, 1.82) is 0 Å². The SMILES string of the molecule is O=C(NCl)c1ccc(-c2nc3ccc(NC(=O)C4CCCC4)cc3[nH]2)cc1. The van der Waals surface area contributed by atoms with Crippen molar-refractivity contribution in [2.24, 2.45) is 5.92 Å². The van der Waals surface area contributed by atoms with Crippen LogP contribution in [-0.4, -0.2) is 21.8 Å². The van der Waals surface area contributed by atoms with Crippen LogP contribution in [0.1, 0.15) is 36.0 Å². The van der Waals surface area contributed by atoms with E-state index >= 15 is 0 Å². The monoisotopic (exact) mass is 382 g/mol. The van der Waals surface area contributed by atoms with Gasteiger partial charge in [0.05, 0.1) is 11.0 Å². The molecule has 0 unspecified atom stereocenters. The van der Waals surface area contributed by atoms with E-state index in [9.17, 15) is 9.59 Å². The number of carbonyl (C=O) groups excluding carboxylic acids is 2. The highest BCUT2D eigenvalue weighted by Gasteiger charge is 2.22. The third kappa shape index (κ3) is 3.66. The number of rotatable bonds is 4. The molecule has 1 aliphatic rings. The first kappa shape index (κ1) is 17.5. The first-order valence-corrected chi connectivity index (χ1v) is 9.34. The zero-order valence-electron chi connectivity index (χ0n) is 14.6.